The van der Waals surface area contributed by atoms with Crippen molar-refractivity contribution in [3.05, 3.63) is 24.3 Å². The fraction of sp³-hybridized carbons (Fsp3) is 0.364. The van der Waals surface area contributed by atoms with Crippen LogP contribution in [0.3, 0.4) is 0 Å². The van der Waals surface area contributed by atoms with Crippen LogP contribution >= 0.6 is 0 Å². The van der Waals surface area contributed by atoms with E-state index in [9.17, 15) is 14.4 Å². The Kier molecular flexibility index (Phi) is 6.51. The summed E-state index contributed by atoms with van der Waals surface area (Å²) in [4.78, 5) is 32.7. The smallest absolute Gasteiger partial charge is 0.337 e. The SMILES string of the molecule is C=CC(=O)OC(=O)CC=C(C)C(=O)OCC. The molecule has 0 bridgehead atoms. The van der Waals surface area contributed by atoms with Crippen LogP contribution in [-0.2, 0) is 23.9 Å². The summed E-state index contributed by atoms with van der Waals surface area (Å²) in [6, 6.07) is 0. The van der Waals surface area contributed by atoms with Gasteiger partial charge in [0.1, 0.15) is 0 Å². The maximum Gasteiger partial charge on any atom is 0.337 e. The first-order valence-corrected chi connectivity index (χ1v) is 4.72. The summed E-state index contributed by atoms with van der Waals surface area (Å²) in [5.74, 6) is -2.05. The second kappa shape index (κ2) is 7.39. The lowest BCUT2D eigenvalue weighted by atomic mass is 10.2. The molecule has 0 N–H and O–H groups in total. The van der Waals surface area contributed by atoms with Gasteiger partial charge in [-0.05, 0) is 13.8 Å². The standard InChI is InChI=1S/C11H14O5/c1-4-9(12)16-10(13)7-6-8(3)11(14)15-5-2/h4,6H,1,5,7H2,2-3H3. The van der Waals surface area contributed by atoms with Gasteiger partial charge in [-0.3, -0.25) is 4.79 Å². The van der Waals surface area contributed by atoms with E-state index in [0.29, 0.717) is 5.57 Å². The van der Waals surface area contributed by atoms with Crippen molar-refractivity contribution < 1.29 is 23.9 Å². The lowest BCUT2D eigenvalue weighted by Crippen LogP contribution is -2.10. The summed E-state index contributed by atoms with van der Waals surface area (Å²) in [5, 5.41) is 0. The summed E-state index contributed by atoms with van der Waals surface area (Å²) in [7, 11) is 0. The molecular weight excluding hydrogens is 212 g/mol. The molecule has 0 atom stereocenters. The third kappa shape index (κ3) is 5.74. The van der Waals surface area contributed by atoms with Crippen LogP contribution in [0.1, 0.15) is 20.3 Å². The van der Waals surface area contributed by atoms with E-state index in [0.717, 1.165) is 6.08 Å². The lowest BCUT2D eigenvalue weighted by molar-refractivity contribution is -0.155. The summed E-state index contributed by atoms with van der Waals surface area (Å²) in [6.45, 7) is 6.61. The average Bonchev–Trinajstić information content (AvgIpc) is 2.25. The molecule has 0 spiro atoms. The Morgan fingerprint density at radius 2 is 1.94 bits per heavy atom. The molecule has 0 aromatic carbocycles. The molecule has 0 amide bonds. The third-order valence-corrected chi connectivity index (χ3v) is 1.55. The summed E-state index contributed by atoms with van der Waals surface area (Å²) >= 11 is 0. The Balaban J connectivity index is 4.16. The van der Waals surface area contributed by atoms with E-state index in [4.69, 9.17) is 4.74 Å². The molecule has 0 aliphatic heterocycles. The van der Waals surface area contributed by atoms with Crippen LogP contribution in [0.2, 0.25) is 0 Å². The van der Waals surface area contributed by atoms with Crippen molar-refractivity contribution >= 4 is 17.9 Å². The molecule has 16 heavy (non-hydrogen) atoms. The first-order valence-electron chi connectivity index (χ1n) is 4.72. The number of esters is 3. The van der Waals surface area contributed by atoms with E-state index >= 15 is 0 Å². The molecule has 0 rings (SSSR count). The molecule has 0 saturated heterocycles. The Morgan fingerprint density at radius 3 is 2.44 bits per heavy atom. The molecule has 0 fully saturated rings. The first kappa shape index (κ1) is 14.1. The molecule has 5 heteroatoms. The lowest BCUT2D eigenvalue weighted by Gasteiger charge is -2.01. The molecule has 0 unspecified atom stereocenters. The summed E-state index contributed by atoms with van der Waals surface area (Å²) in [6.07, 6.45) is 2.07. The van der Waals surface area contributed by atoms with Crippen LogP contribution in [0.4, 0.5) is 0 Å². The van der Waals surface area contributed by atoms with Crippen LogP contribution in [0.5, 0.6) is 0 Å². The van der Waals surface area contributed by atoms with E-state index in [-0.39, 0.29) is 13.0 Å². The van der Waals surface area contributed by atoms with E-state index in [1.807, 2.05) is 0 Å². The zero-order valence-corrected chi connectivity index (χ0v) is 9.32. The predicted molar refractivity (Wildman–Crippen MR) is 56.3 cm³/mol. The van der Waals surface area contributed by atoms with Gasteiger partial charge in [-0.15, -0.1) is 0 Å². The Bertz CT molecular complexity index is 327. The van der Waals surface area contributed by atoms with Crippen molar-refractivity contribution in [3.63, 3.8) is 0 Å². The number of ether oxygens (including phenoxy) is 2. The van der Waals surface area contributed by atoms with E-state index in [1.54, 1.807) is 6.92 Å². The highest BCUT2D eigenvalue weighted by Crippen LogP contribution is 2.00. The van der Waals surface area contributed by atoms with Crippen molar-refractivity contribution in [1.82, 2.24) is 0 Å². The van der Waals surface area contributed by atoms with E-state index < -0.39 is 17.9 Å². The minimum absolute atomic E-state index is 0.162. The number of rotatable bonds is 5. The van der Waals surface area contributed by atoms with Crippen molar-refractivity contribution in [2.24, 2.45) is 0 Å². The van der Waals surface area contributed by atoms with Crippen LogP contribution < -0.4 is 0 Å². The van der Waals surface area contributed by atoms with Crippen LogP contribution in [-0.4, -0.2) is 24.5 Å². The van der Waals surface area contributed by atoms with Gasteiger partial charge in [-0.2, -0.15) is 0 Å². The Hall–Kier alpha value is -1.91. The highest BCUT2D eigenvalue weighted by Gasteiger charge is 2.08. The second-order valence-corrected chi connectivity index (χ2v) is 2.81. The molecular formula is C11H14O5. The van der Waals surface area contributed by atoms with Gasteiger partial charge >= 0.3 is 17.9 Å². The number of hydrogen-bond acceptors (Lipinski definition) is 5. The van der Waals surface area contributed by atoms with Crippen molar-refractivity contribution in [2.75, 3.05) is 6.61 Å². The normalized spacial score (nSPS) is 10.5. The third-order valence-electron chi connectivity index (χ3n) is 1.55. The highest BCUT2D eigenvalue weighted by atomic mass is 16.6. The number of carbonyl (C=O) groups excluding carboxylic acids is 3. The van der Waals surface area contributed by atoms with Crippen LogP contribution in [0.15, 0.2) is 24.3 Å². The molecule has 0 aromatic rings. The fourth-order valence-electron chi connectivity index (χ4n) is 0.760. The number of hydrogen-bond donors (Lipinski definition) is 0. The topological polar surface area (TPSA) is 69.7 Å². The van der Waals surface area contributed by atoms with Crippen LogP contribution in [0.25, 0.3) is 0 Å². The fourth-order valence-corrected chi connectivity index (χ4v) is 0.760. The van der Waals surface area contributed by atoms with E-state index in [1.165, 1.54) is 13.0 Å². The predicted octanol–water partition coefficient (Wildman–Crippen LogP) is 1.14. The zero-order chi connectivity index (χ0) is 12.6. The van der Waals surface area contributed by atoms with Gasteiger partial charge in [0.25, 0.3) is 0 Å². The highest BCUT2D eigenvalue weighted by molar-refractivity contribution is 5.93. The second-order valence-electron chi connectivity index (χ2n) is 2.81. The van der Waals surface area contributed by atoms with Crippen LogP contribution in [0, 0.1) is 0 Å². The molecule has 0 radical (unpaired) electrons. The average molecular weight is 226 g/mol. The molecule has 0 aliphatic carbocycles. The van der Waals surface area contributed by atoms with Crippen molar-refractivity contribution in [2.45, 2.75) is 20.3 Å². The maximum atomic E-state index is 11.1. The van der Waals surface area contributed by atoms with Gasteiger partial charge in [-0.1, -0.05) is 12.7 Å². The number of carbonyl (C=O) groups is 3. The monoisotopic (exact) mass is 226 g/mol. The maximum absolute atomic E-state index is 11.1. The van der Waals surface area contributed by atoms with Gasteiger partial charge in [0.2, 0.25) is 0 Å². The Morgan fingerprint density at radius 1 is 1.31 bits per heavy atom. The largest absolute Gasteiger partial charge is 0.463 e. The molecule has 0 heterocycles. The van der Waals surface area contributed by atoms with Gasteiger partial charge < -0.3 is 9.47 Å². The minimum atomic E-state index is -0.813. The molecule has 88 valence electrons. The van der Waals surface area contributed by atoms with E-state index in [2.05, 4.69) is 11.3 Å². The van der Waals surface area contributed by atoms with Gasteiger partial charge in [0, 0.05) is 11.6 Å². The summed E-state index contributed by atoms with van der Waals surface area (Å²) in [5.41, 5.74) is 0.296. The Labute approximate surface area is 93.7 Å². The van der Waals surface area contributed by atoms with Crippen molar-refractivity contribution in [1.29, 1.82) is 0 Å². The van der Waals surface area contributed by atoms with Crippen molar-refractivity contribution in [3.8, 4) is 0 Å². The quantitative estimate of drug-likeness (QED) is 0.399. The first-order chi connectivity index (χ1) is 7.51. The molecule has 0 saturated carbocycles. The minimum Gasteiger partial charge on any atom is -0.463 e. The van der Waals surface area contributed by atoms with Gasteiger partial charge in [0.05, 0.1) is 13.0 Å². The van der Waals surface area contributed by atoms with Gasteiger partial charge in [-0.25, -0.2) is 9.59 Å². The molecule has 0 aromatic heterocycles. The summed E-state index contributed by atoms with van der Waals surface area (Å²) < 4.78 is 8.99. The van der Waals surface area contributed by atoms with Gasteiger partial charge in [0.15, 0.2) is 0 Å². The zero-order valence-electron chi connectivity index (χ0n) is 9.32. The molecule has 0 aliphatic rings. The molecule has 5 nitrogen and oxygen atoms in total.